The molecular weight excluding hydrogens is 138 g/mol. The Bertz CT molecular complexity index is 180. The first-order chi connectivity index (χ1) is 5.40. The third kappa shape index (κ3) is 0.651. The molecule has 0 radical (unpaired) electrons. The average Bonchev–Trinajstić information content (AvgIpc) is 2.55. The van der Waals surface area contributed by atoms with Gasteiger partial charge in [0, 0.05) is 13.2 Å². The number of fused-ring (bicyclic) bond motifs is 1. The van der Waals surface area contributed by atoms with Crippen molar-refractivity contribution in [1.82, 2.24) is 5.32 Å². The van der Waals surface area contributed by atoms with Crippen LogP contribution in [-0.4, -0.2) is 25.8 Å². The van der Waals surface area contributed by atoms with Gasteiger partial charge in [-0.15, -0.1) is 0 Å². The lowest BCUT2D eigenvalue weighted by Crippen LogP contribution is -2.38. The van der Waals surface area contributed by atoms with E-state index >= 15 is 0 Å². The summed E-state index contributed by atoms with van der Waals surface area (Å²) < 4.78 is 5.51. The molecule has 1 saturated heterocycles. The number of methoxy groups -OCH3 is 1. The van der Waals surface area contributed by atoms with Crippen LogP contribution >= 0.6 is 0 Å². The summed E-state index contributed by atoms with van der Waals surface area (Å²) in [7, 11) is 1.86. The lowest BCUT2D eigenvalue weighted by molar-refractivity contribution is 0.0401. The maximum absolute atomic E-state index is 5.51. The zero-order valence-corrected chi connectivity index (χ0v) is 6.92. The molecule has 1 N–H and O–H groups in total. The second-order valence-electron chi connectivity index (χ2n) is 4.29. The molecule has 2 aliphatic carbocycles. The fourth-order valence-electron chi connectivity index (χ4n) is 3.58. The molecule has 0 aromatic heterocycles. The molecule has 3 aliphatic rings. The highest BCUT2D eigenvalue weighted by molar-refractivity contribution is 5.09. The van der Waals surface area contributed by atoms with Crippen LogP contribution in [0.2, 0.25) is 0 Å². The van der Waals surface area contributed by atoms with Gasteiger partial charge < -0.3 is 10.1 Å². The number of hydrogen-bond donors (Lipinski definition) is 1. The molecule has 2 saturated carbocycles. The van der Waals surface area contributed by atoms with Gasteiger partial charge in [-0.1, -0.05) is 0 Å². The molecule has 0 aromatic rings. The van der Waals surface area contributed by atoms with Crippen LogP contribution in [0.25, 0.3) is 0 Å². The van der Waals surface area contributed by atoms with Gasteiger partial charge in [0.25, 0.3) is 0 Å². The topological polar surface area (TPSA) is 21.3 Å². The van der Waals surface area contributed by atoms with Crippen molar-refractivity contribution in [3.63, 3.8) is 0 Å². The first-order valence-electron chi connectivity index (χ1n) is 4.66. The normalized spacial score (nSPS) is 59.2. The predicted octanol–water partition coefficient (Wildman–Crippen LogP) is 0.629. The molecule has 0 spiro atoms. The van der Waals surface area contributed by atoms with Crippen molar-refractivity contribution in [2.24, 2.45) is 17.8 Å². The van der Waals surface area contributed by atoms with Crippen LogP contribution in [-0.2, 0) is 4.74 Å². The molecule has 1 aliphatic heterocycles. The molecule has 0 aromatic carbocycles. The summed E-state index contributed by atoms with van der Waals surface area (Å²) in [6.07, 6.45) is 3.40. The van der Waals surface area contributed by atoms with E-state index in [2.05, 4.69) is 5.32 Å². The van der Waals surface area contributed by atoms with E-state index in [1.165, 1.54) is 19.4 Å². The van der Waals surface area contributed by atoms with E-state index in [4.69, 9.17) is 4.74 Å². The molecule has 5 atom stereocenters. The summed E-state index contributed by atoms with van der Waals surface area (Å²) in [5.41, 5.74) is 0. The summed E-state index contributed by atoms with van der Waals surface area (Å²) >= 11 is 0. The van der Waals surface area contributed by atoms with Crippen LogP contribution in [0.3, 0.4) is 0 Å². The molecule has 3 fully saturated rings. The monoisotopic (exact) mass is 153 g/mol. The predicted molar refractivity (Wildman–Crippen MR) is 42.3 cm³/mol. The molecule has 11 heavy (non-hydrogen) atoms. The summed E-state index contributed by atoms with van der Waals surface area (Å²) in [6.45, 7) is 1.26. The van der Waals surface area contributed by atoms with Crippen molar-refractivity contribution >= 4 is 0 Å². The molecule has 62 valence electrons. The van der Waals surface area contributed by atoms with Crippen molar-refractivity contribution in [1.29, 1.82) is 0 Å². The van der Waals surface area contributed by atoms with E-state index in [-0.39, 0.29) is 0 Å². The van der Waals surface area contributed by atoms with E-state index in [1.807, 2.05) is 7.11 Å². The molecular formula is C9H15NO. The van der Waals surface area contributed by atoms with E-state index < -0.39 is 0 Å². The summed E-state index contributed by atoms with van der Waals surface area (Å²) in [5, 5.41) is 3.59. The minimum atomic E-state index is 0.541. The van der Waals surface area contributed by atoms with Crippen LogP contribution in [0.15, 0.2) is 0 Å². The third-order valence-corrected chi connectivity index (χ3v) is 3.95. The quantitative estimate of drug-likeness (QED) is 0.596. The lowest BCUT2D eigenvalue weighted by Gasteiger charge is -2.26. The zero-order chi connectivity index (χ0) is 7.42. The molecule has 2 heteroatoms. The second kappa shape index (κ2) is 1.99. The van der Waals surface area contributed by atoms with Gasteiger partial charge in [0.05, 0.1) is 6.10 Å². The Labute approximate surface area is 67.3 Å². The van der Waals surface area contributed by atoms with E-state index in [0.29, 0.717) is 12.1 Å². The fraction of sp³-hybridized carbons (Fsp3) is 1.00. The number of rotatable bonds is 1. The summed E-state index contributed by atoms with van der Waals surface area (Å²) in [5.74, 6) is 2.84. The standard InChI is InChI=1S/C9H15NO/c1-11-9-5-2-6-4-10-8(9)7(6)3-5/h5-10H,2-4H2,1H3. The fourth-order valence-corrected chi connectivity index (χ4v) is 3.58. The number of nitrogens with one attached hydrogen (secondary N) is 1. The summed E-state index contributed by atoms with van der Waals surface area (Å²) in [4.78, 5) is 0. The average molecular weight is 153 g/mol. The maximum Gasteiger partial charge on any atom is 0.0755 e. The number of ether oxygens (including phenoxy) is 1. The second-order valence-corrected chi connectivity index (χ2v) is 4.29. The van der Waals surface area contributed by atoms with E-state index in [1.54, 1.807) is 0 Å². The maximum atomic E-state index is 5.51. The van der Waals surface area contributed by atoms with Crippen LogP contribution in [0, 0.1) is 17.8 Å². The van der Waals surface area contributed by atoms with Gasteiger partial charge in [0.15, 0.2) is 0 Å². The largest absolute Gasteiger partial charge is 0.380 e. The van der Waals surface area contributed by atoms with Crippen molar-refractivity contribution < 1.29 is 4.74 Å². The SMILES string of the molecule is COC1C2CC3CNC1C3C2. The van der Waals surface area contributed by atoms with Crippen LogP contribution in [0.5, 0.6) is 0 Å². The Hall–Kier alpha value is -0.0800. The van der Waals surface area contributed by atoms with Gasteiger partial charge in [-0.05, 0) is 37.1 Å². The Morgan fingerprint density at radius 1 is 1.27 bits per heavy atom. The van der Waals surface area contributed by atoms with Crippen molar-refractivity contribution in [3.8, 4) is 0 Å². The van der Waals surface area contributed by atoms with Crippen molar-refractivity contribution in [2.75, 3.05) is 13.7 Å². The van der Waals surface area contributed by atoms with Gasteiger partial charge in [0.1, 0.15) is 0 Å². The minimum absolute atomic E-state index is 0.541. The lowest BCUT2D eigenvalue weighted by atomic mass is 9.88. The van der Waals surface area contributed by atoms with E-state index in [9.17, 15) is 0 Å². The van der Waals surface area contributed by atoms with Gasteiger partial charge >= 0.3 is 0 Å². The minimum Gasteiger partial charge on any atom is -0.380 e. The first kappa shape index (κ1) is 6.44. The molecule has 5 unspecified atom stereocenters. The van der Waals surface area contributed by atoms with Gasteiger partial charge in [-0.3, -0.25) is 0 Å². The van der Waals surface area contributed by atoms with Crippen molar-refractivity contribution in [3.05, 3.63) is 0 Å². The third-order valence-electron chi connectivity index (χ3n) is 3.95. The molecule has 2 bridgehead atoms. The molecule has 1 heterocycles. The highest BCUT2D eigenvalue weighted by Gasteiger charge is 2.56. The van der Waals surface area contributed by atoms with Crippen LogP contribution < -0.4 is 5.32 Å². The summed E-state index contributed by atoms with van der Waals surface area (Å²) in [6, 6.07) is 0.712. The van der Waals surface area contributed by atoms with E-state index in [0.717, 1.165) is 17.8 Å². The van der Waals surface area contributed by atoms with Gasteiger partial charge in [-0.25, -0.2) is 0 Å². The Balaban J connectivity index is 1.92. The van der Waals surface area contributed by atoms with Gasteiger partial charge in [0.2, 0.25) is 0 Å². The molecule has 0 amide bonds. The smallest absolute Gasteiger partial charge is 0.0755 e. The Kier molecular flexibility index (Phi) is 1.16. The highest BCUT2D eigenvalue weighted by atomic mass is 16.5. The first-order valence-corrected chi connectivity index (χ1v) is 4.66. The van der Waals surface area contributed by atoms with Crippen LogP contribution in [0.4, 0.5) is 0 Å². The van der Waals surface area contributed by atoms with Crippen LogP contribution in [0.1, 0.15) is 12.8 Å². The van der Waals surface area contributed by atoms with Gasteiger partial charge in [-0.2, -0.15) is 0 Å². The molecule has 3 rings (SSSR count). The Morgan fingerprint density at radius 3 is 3.00 bits per heavy atom. The zero-order valence-electron chi connectivity index (χ0n) is 6.92. The number of hydrogen-bond acceptors (Lipinski definition) is 2. The Morgan fingerprint density at radius 2 is 2.18 bits per heavy atom. The van der Waals surface area contributed by atoms with Crippen molar-refractivity contribution in [2.45, 2.75) is 25.0 Å². The molecule has 2 nitrogen and oxygen atoms in total. The highest BCUT2D eigenvalue weighted by Crippen LogP contribution is 2.52.